The molecule has 1 heterocycles. The summed E-state index contributed by atoms with van der Waals surface area (Å²) in [7, 11) is -3.82. The molecule has 0 unspecified atom stereocenters. The van der Waals surface area contributed by atoms with E-state index in [9.17, 15) is 13.2 Å². The molecule has 0 bridgehead atoms. The first kappa shape index (κ1) is 17.8. The summed E-state index contributed by atoms with van der Waals surface area (Å²) >= 11 is 5.79. The van der Waals surface area contributed by atoms with Crippen LogP contribution in [0.3, 0.4) is 0 Å². The van der Waals surface area contributed by atoms with Crippen LogP contribution in [0.1, 0.15) is 10.5 Å². The van der Waals surface area contributed by atoms with Crippen LogP contribution >= 0.6 is 11.6 Å². The molecule has 3 rings (SSSR count). The minimum Gasteiger partial charge on any atom is -0.321 e. The normalized spacial score (nSPS) is 11.0. The smallest absolute Gasteiger partial charge is 0.275 e. The first-order valence-corrected chi connectivity index (χ1v) is 9.26. The molecule has 7 nitrogen and oxygen atoms in total. The van der Waals surface area contributed by atoms with Crippen molar-refractivity contribution >= 4 is 38.9 Å². The second kappa shape index (κ2) is 7.51. The zero-order valence-corrected chi connectivity index (χ0v) is 14.8. The molecule has 0 spiro atoms. The molecule has 1 amide bonds. The van der Waals surface area contributed by atoms with E-state index < -0.39 is 15.9 Å². The van der Waals surface area contributed by atoms with Crippen molar-refractivity contribution in [2.24, 2.45) is 0 Å². The van der Waals surface area contributed by atoms with Crippen molar-refractivity contribution in [1.82, 2.24) is 9.97 Å². The summed E-state index contributed by atoms with van der Waals surface area (Å²) < 4.78 is 27.5. The first-order chi connectivity index (χ1) is 12.4. The van der Waals surface area contributed by atoms with Gasteiger partial charge in [-0.05, 0) is 42.5 Å². The van der Waals surface area contributed by atoms with Gasteiger partial charge in [-0.2, -0.15) is 0 Å². The topological polar surface area (TPSA) is 101 Å². The number of nitrogens with one attached hydrogen (secondary N) is 2. The second-order valence-electron chi connectivity index (χ2n) is 5.19. The molecule has 2 aromatic carbocycles. The largest absolute Gasteiger partial charge is 0.321 e. The third-order valence-corrected chi connectivity index (χ3v) is 4.93. The van der Waals surface area contributed by atoms with Crippen molar-refractivity contribution in [2.45, 2.75) is 4.90 Å². The summed E-state index contributed by atoms with van der Waals surface area (Å²) in [5.74, 6) is -0.488. The Labute approximate surface area is 155 Å². The lowest BCUT2D eigenvalue weighted by atomic mass is 10.3. The highest BCUT2D eigenvalue weighted by molar-refractivity contribution is 7.92. The summed E-state index contributed by atoms with van der Waals surface area (Å²) in [6, 6.07) is 12.2. The average molecular weight is 389 g/mol. The summed E-state index contributed by atoms with van der Waals surface area (Å²) in [5.41, 5.74) is 0.822. The maximum absolute atomic E-state index is 12.5. The van der Waals surface area contributed by atoms with Crippen LogP contribution in [0.4, 0.5) is 11.4 Å². The number of amides is 1. The Morgan fingerprint density at radius 2 is 1.77 bits per heavy atom. The number of hydrogen-bond donors (Lipinski definition) is 2. The molecule has 132 valence electrons. The minimum atomic E-state index is -3.82. The van der Waals surface area contributed by atoms with Crippen LogP contribution in [-0.4, -0.2) is 24.3 Å². The van der Waals surface area contributed by atoms with Gasteiger partial charge >= 0.3 is 0 Å². The fourth-order valence-electron chi connectivity index (χ4n) is 2.08. The molecule has 9 heteroatoms. The highest BCUT2D eigenvalue weighted by Crippen LogP contribution is 2.21. The van der Waals surface area contributed by atoms with E-state index in [2.05, 4.69) is 20.0 Å². The summed E-state index contributed by atoms with van der Waals surface area (Å²) in [4.78, 5) is 19.8. The molecular weight excluding hydrogens is 376 g/mol. The lowest BCUT2D eigenvalue weighted by Crippen LogP contribution is -2.16. The molecule has 0 atom stereocenters. The van der Waals surface area contributed by atoms with Gasteiger partial charge < -0.3 is 5.32 Å². The second-order valence-corrected chi connectivity index (χ2v) is 7.30. The SMILES string of the molecule is O=C(Nc1cccc(S(=O)(=O)Nc2ccc(Cl)cc2)c1)c1cnccn1. The maximum Gasteiger partial charge on any atom is 0.275 e. The number of nitrogens with zero attached hydrogens (tertiary/aromatic N) is 2. The lowest BCUT2D eigenvalue weighted by Gasteiger charge is -2.10. The lowest BCUT2D eigenvalue weighted by molar-refractivity contribution is 0.102. The number of sulfonamides is 1. The number of rotatable bonds is 5. The van der Waals surface area contributed by atoms with E-state index >= 15 is 0 Å². The van der Waals surface area contributed by atoms with Crippen LogP contribution in [0, 0.1) is 0 Å². The molecule has 0 aliphatic carbocycles. The van der Waals surface area contributed by atoms with Gasteiger partial charge in [0, 0.05) is 28.8 Å². The third kappa shape index (κ3) is 4.35. The minimum absolute atomic E-state index is 0.00407. The molecule has 0 aliphatic rings. The summed E-state index contributed by atoms with van der Waals surface area (Å²) in [5, 5.41) is 3.09. The Balaban J connectivity index is 1.79. The van der Waals surface area contributed by atoms with Gasteiger partial charge in [-0.25, -0.2) is 13.4 Å². The van der Waals surface area contributed by atoms with Gasteiger partial charge in [0.05, 0.1) is 11.1 Å². The van der Waals surface area contributed by atoms with Crippen molar-refractivity contribution in [3.63, 3.8) is 0 Å². The molecule has 0 saturated carbocycles. The number of carbonyl (C=O) groups excluding carboxylic acids is 1. The van der Waals surface area contributed by atoms with E-state index in [1.165, 1.54) is 36.8 Å². The number of halogens is 1. The number of benzene rings is 2. The molecule has 3 aromatic rings. The van der Waals surface area contributed by atoms with Gasteiger partial charge in [0.15, 0.2) is 0 Å². The molecule has 0 saturated heterocycles. The number of carbonyl (C=O) groups is 1. The summed E-state index contributed by atoms with van der Waals surface area (Å²) in [6.07, 6.45) is 4.16. The predicted octanol–water partition coefficient (Wildman–Crippen LogP) is 3.18. The van der Waals surface area contributed by atoms with Crippen LogP contribution in [0.2, 0.25) is 5.02 Å². The highest BCUT2D eigenvalue weighted by Gasteiger charge is 2.16. The zero-order chi connectivity index (χ0) is 18.6. The van der Waals surface area contributed by atoms with E-state index in [1.807, 2.05) is 0 Å². The van der Waals surface area contributed by atoms with E-state index in [0.717, 1.165) is 0 Å². The van der Waals surface area contributed by atoms with Gasteiger partial charge in [0.2, 0.25) is 0 Å². The van der Waals surface area contributed by atoms with E-state index in [0.29, 0.717) is 16.4 Å². The van der Waals surface area contributed by atoms with Gasteiger partial charge in [-0.15, -0.1) is 0 Å². The summed E-state index contributed by atoms with van der Waals surface area (Å²) in [6.45, 7) is 0. The van der Waals surface area contributed by atoms with Gasteiger partial charge in [-0.1, -0.05) is 17.7 Å². The van der Waals surface area contributed by atoms with Gasteiger partial charge in [-0.3, -0.25) is 14.5 Å². The molecule has 2 N–H and O–H groups in total. The standard InChI is InChI=1S/C17H13ClN4O3S/c18-12-4-6-13(7-5-12)22-26(24,25)15-3-1-2-14(10-15)21-17(23)16-11-19-8-9-20-16/h1-11,22H,(H,21,23). The maximum atomic E-state index is 12.5. The Bertz CT molecular complexity index is 1030. The van der Waals surface area contributed by atoms with Crippen LogP contribution in [0.25, 0.3) is 0 Å². The van der Waals surface area contributed by atoms with Crippen molar-refractivity contribution in [3.8, 4) is 0 Å². The number of hydrogen-bond acceptors (Lipinski definition) is 5. The number of aromatic nitrogens is 2. The fraction of sp³-hybridized carbons (Fsp3) is 0. The van der Waals surface area contributed by atoms with Crippen molar-refractivity contribution in [3.05, 3.63) is 77.8 Å². The molecule has 0 aliphatic heterocycles. The van der Waals surface area contributed by atoms with Crippen molar-refractivity contribution < 1.29 is 13.2 Å². The first-order valence-electron chi connectivity index (χ1n) is 7.40. The van der Waals surface area contributed by atoms with Gasteiger partial charge in [0.25, 0.3) is 15.9 Å². The third-order valence-electron chi connectivity index (χ3n) is 3.29. The molecule has 0 radical (unpaired) electrons. The predicted molar refractivity (Wildman–Crippen MR) is 98.7 cm³/mol. The van der Waals surface area contributed by atoms with E-state index in [4.69, 9.17) is 11.6 Å². The quantitative estimate of drug-likeness (QED) is 0.699. The average Bonchev–Trinajstić information content (AvgIpc) is 2.64. The number of anilines is 2. The van der Waals surface area contributed by atoms with Crippen LogP contribution < -0.4 is 10.0 Å². The van der Waals surface area contributed by atoms with Gasteiger partial charge in [0.1, 0.15) is 5.69 Å². The van der Waals surface area contributed by atoms with Crippen molar-refractivity contribution in [2.75, 3.05) is 10.0 Å². The Kier molecular flexibility index (Phi) is 5.15. The monoisotopic (exact) mass is 388 g/mol. The Morgan fingerprint density at radius 3 is 2.46 bits per heavy atom. The van der Waals surface area contributed by atoms with E-state index in [-0.39, 0.29) is 10.6 Å². The fourth-order valence-corrected chi connectivity index (χ4v) is 3.31. The molecular formula is C17H13ClN4O3S. The highest BCUT2D eigenvalue weighted by atomic mass is 35.5. The molecule has 26 heavy (non-hydrogen) atoms. The van der Waals surface area contributed by atoms with Crippen LogP contribution in [0.5, 0.6) is 0 Å². The Morgan fingerprint density at radius 1 is 1.00 bits per heavy atom. The Hall–Kier alpha value is -2.97. The van der Waals surface area contributed by atoms with E-state index in [1.54, 1.807) is 30.3 Å². The molecule has 0 fully saturated rings. The zero-order valence-electron chi connectivity index (χ0n) is 13.3. The van der Waals surface area contributed by atoms with Crippen molar-refractivity contribution in [1.29, 1.82) is 0 Å². The van der Waals surface area contributed by atoms with Crippen LogP contribution in [-0.2, 0) is 10.0 Å². The van der Waals surface area contributed by atoms with Crippen LogP contribution in [0.15, 0.2) is 72.0 Å². The molecule has 1 aromatic heterocycles.